The topological polar surface area (TPSA) is 50.7 Å². The second-order valence-corrected chi connectivity index (χ2v) is 4.95. The molecule has 4 heteroatoms. The number of hydrogen-bond donors (Lipinski definition) is 2. The van der Waals surface area contributed by atoms with Gasteiger partial charge in [0.15, 0.2) is 0 Å². The number of ether oxygens (including phenoxy) is 2. The van der Waals surface area contributed by atoms with Crippen LogP contribution in [0.15, 0.2) is 18.2 Å². The van der Waals surface area contributed by atoms with Crippen molar-refractivity contribution < 1.29 is 14.6 Å². The largest absolute Gasteiger partial charge is 0.497 e. The Morgan fingerprint density at radius 2 is 2.05 bits per heavy atom. The molecule has 2 unspecified atom stereocenters. The summed E-state index contributed by atoms with van der Waals surface area (Å²) in [5.74, 6) is 1.53. The predicted octanol–water partition coefficient (Wildman–Crippen LogP) is 2.91. The molecule has 0 spiro atoms. The number of hydrogen-bond acceptors (Lipinski definition) is 4. The number of benzene rings is 1. The Balaban J connectivity index is 2.85. The molecule has 0 heterocycles. The molecule has 0 aliphatic rings. The zero-order chi connectivity index (χ0) is 15.0. The van der Waals surface area contributed by atoms with Gasteiger partial charge in [0.1, 0.15) is 18.1 Å². The minimum atomic E-state index is -0.437. The fraction of sp³-hybridized carbons (Fsp3) is 0.625. The average molecular weight is 281 g/mol. The van der Waals surface area contributed by atoms with Crippen molar-refractivity contribution >= 4 is 0 Å². The molecule has 2 atom stereocenters. The number of nitrogens with one attached hydrogen (secondary N) is 1. The van der Waals surface area contributed by atoms with Gasteiger partial charge in [0, 0.05) is 17.7 Å². The molecule has 114 valence electrons. The van der Waals surface area contributed by atoms with Gasteiger partial charge in [-0.15, -0.1) is 0 Å². The molecule has 4 nitrogen and oxygen atoms in total. The van der Waals surface area contributed by atoms with Crippen LogP contribution in [-0.2, 0) is 0 Å². The number of rotatable bonds is 9. The first-order valence-electron chi connectivity index (χ1n) is 7.34. The molecule has 1 aromatic rings. The van der Waals surface area contributed by atoms with E-state index in [1.54, 1.807) is 7.11 Å². The van der Waals surface area contributed by atoms with E-state index in [-0.39, 0.29) is 6.04 Å². The van der Waals surface area contributed by atoms with Crippen molar-refractivity contribution in [3.8, 4) is 11.5 Å². The summed E-state index contributed by atoms with van der Waals surface area (Å²) < 4.78 is 11.0. The van der Waals surface area contributed by atoms with Crippen molar-refractivity contribution in [2.75, 3.05) is 20.3 Å². The van der Waals surface area contributed by atoms with E-state index in [1.807, 2.05) is 25.1 Å². The highest BCUT2D eigenvalue weighted by atomic mass is 16.5. The van der Waals surface area contributed by atoms with Crippen LogP contribution in [0, 0.1) is 0 Å². The van der Waals surface area contributed by atoms with Gasteiger partial charge in [-0.25, -0.2) is 0 Å². The fourth-order valence-corrected chi connectivity index (χ4v) is 1.90. The molecule has 0 aromatic heterocycles. The van der Waals surface area contributed by atoms with Gasteiger partial charge in [-0.1, -0.05) is 19.9 Å². The lowest BCUT2D eigenvalue weighted by Gasteiger charge is -2.20. The fourth-order valence-electron chi connectivity index (χ4n) is 1.90. The highest BCUT2D eigenvalue weighted by molar-refractivity contribution is 5.42. The van der Waals surface area contributed by atoms with Crippen LogP contribution in [0.1, 0.15) is 45.2 Å². The highest BCUT2D eigenvalue weighted by Gasteiger charge is 2.13. The maximum absolute atomic E-state index is 9.64. The van der Waals surface area contributed by atoms with Gasteiger partial charge in [-0.05, 0) is 32.4 Å². The first kappa shape index (κ1) is 16.8. The average Bonchev–Trinajstić information content (AvgIpc) is 2.49. The van der Waals surface area contributed by atoms with Crippen LogP contribution in [0.4, 0.5) is 0 Å². The minimum absolute atomic E-state index is 0.203. The van der Waals surface area contributed by atoms with Crippen molar-refractivity contribution in [2.24, 2.45) is 0 Å². The normalized spacial score (nSPS) is 13.8. The lowest BCUT2D eigenvalue weighted by molar-refractivity contribution is 0.103. The van der Waals surface area contributed by atoms with Gasteiger partial charge in [0.2, 0.25) is 0 Å². The molecular weight excluding hydrogens is 254 g/mol. The summed E-state index contributed by atoms with van der Waals surface area (Å²) in [5.41, 5.74) is 1.09. The molecule has 0 aliphatic heterocycles. The van der Waals surface area contributed by atoms with Gasteiger partial charge >= 0.3 is 0 Å². The van der Waals surface area contributed by atoms with E-state index in [0.717, 1.165) is 30.0 Å². The second kappa shape index (κ2) is 8.82. The molecule has 0 bridgehead atoms. The number of aliphatic hydroxyl groups is 1. The van der Waals surface area contributed by atoms with Crippen LogP contribution in [0.25, 0.3) is 0 Å². The molecular formula is C16H27NO3. The quantitative estimate of drug-likeness (QED) is 0.731. The molecule has 0 aliphatic carbocycles. The summed E-state index contributed by atoms with van der Waals surface area (Å²) in [7, 11) is 1.64. The smallest absolute Gasteiger partial charge is 0.127 e. The first-order chi connectivity index (χ1) is 9.62. The van der Waals surface area contributed by atoms with Gasteiger partial charge in [0.25, 0.3) is 0 Å². The van der Waals surface area contributed by atoms with E-state index in [2.05, 4.69) is 19.2 Å². The SMILES string of the molecule is CCCNC(C)c1ccc(OC)cc1OCC(O)CC. The Morgan fingerprint density at radius 3 is 2.65 bits per heavy atom. The third-order valence-corrected chi connectivity index (χ3v) is 3.29. The predicted molar refractivity (Wildman–Crippen MR) is 81.5 cm³/mol. The Hall–Kier alpha value is -1.26. The van der Waals surface area contributed by atoms with Crippen LogP contribution >= 0.6 is 0 Å². The lowest BCUT2D eigenvalue weighted by Crippen LogP contribution is -2.21. The van der Waals surface area contributed by atoms with Crippen LogP contribution < -0.4 is 14.8 Å². The van der Waals surface area contributed by atoms with Gasteiger partial charge < -0.3 is 19.9 Å². The van der Waals surface area contributed by atoms with E-state index in [0.29, 0.717) is 13.0 Å². The zero-order valence-electron chi connectivity index (χ0n) is 13.0. The highest BCUT2D eigenvalue weighted by Crippen LogP contribution is 2.29. The van der Waals surface area contributed by atoms with Crippen LogP contribution in [-0.4, -0.2) is 31.5 Å². The molecule has 0 saturated heterocycles. The lowest BCUT2D eigenvalue weighted by atomic mass is 10.1. The van der Waals surface area contributed by atoms with Gasteiger partial charge in [-0.3, -0.25) is 0 Å². The van der Waals surface area contributed by atoms with E-state index in [4.69, 9.17) is 9.47 Å². The molecule has 1 aromatic carbocycles. The molecule has 0 fully saturated rings. The maximum atomic E-state index is 9.64. The number of aliphatic hydroxyl groups excluding tert-OH is 1. The Bertz CT molecular complexity index is 395. The summed E-state index contributed by atoms with van der Waals surface area (Å²) in [4.78, 5) is 0. The van der Waals surface area contributed by atoms with E-state index in [1.165, 1.54) is 0 Å². The molecule has 2 N–H and O–H groups in total. The van der Waals surface area contributed by atoms with Gasteiger partial charge in [-0.2, -0.15) is 0 Å². The van der Waals surface area contributed by atoms with E-state index in [9.17, 15) is 5.11 Å². The summed E-state index contributed by atoms with van der Waals surface area (Å²) in [6, 6.07) is 6.03. The zero-order valence-corrected chi connectivity index (χ0v) is 13.0. The Labute approximate surface area is 122 Å². The van der Waals surface area contributed by atoms with Crippen LogP contribution in [0.3, 0.4) is 0 Å². The van der Waals surface area contributed by atoms with Crippen molar-refractivity contribution in [3.63, 3.8) is 0 Å². The maximum Gasteiger partial charge on any atom is 0.127 e. The Kier molecular flexibility index (Phi) is 7.41. The molecule has 1 rings (SSSR count). The summed E-state index contributed by atoms with van der Waals surface area (Å²) in [6.45, 7) is 7.46. The number of methoxy groups -OCH3 is 1. The molecule has 20 heavy (non-hydrogen) atoms. The van der Waals surface area contributed by atoms with Gasteiger partial charge in [0.05, 0.1) is 13.2 Å². The third-order valence-electron chi connectivity index (χ3n) is 3.29. The first-order valence-corrected chi connectivity index (χ1v) is 7.34. The van der Waals surface area contributed by atoms with Crippen molar-refractivity contribution in [1.82, 2.24) is 5.32 Å². The summed E-state index contributed by atoms with van der Waals surface area (Å²) in [6.07, 6.45) is 1.33. The standard InChI is InChI=1S/C16H27NO3/c1-5-9-17-12(3)15-8-7-14(19-4)10-16(15)20-11-13(18)6-2/h7-8,10,12-13,17-18H,5-6,9,11H2,1-4H3. The van der Waals surface area contributed by atoms with Crippen molar-refractivity contribution in [1.29, 1.82) is 0 Å². The monoisotopic (exact) mass is 281 g/mol. The van der Waals surface area contributed by atoms with Crippen molar-refractivity contribution in [3.05, 3.63) is 23.8 Å². The van der Waals surface area contributed by atoms with Crippen molar-refractivity contribution in [2.45, 2.75) is 45.8 Å². The third kappa shape index (κ3) is 5.02. The molecule has 0 radical (unpaired) electrons. The minimum Gasteiger partial charge on any atom is -0.497 e. The van der Waals surface area contributed by atoms with E-state index < -0.39 is 6.10 Å². The summed E-state index contributed by atoms with van der Waals surface area (Å²) >= 11 is 0. The second-order valence-electron chi connectivity index (χ2n) is 4.95. The van der Waals surface area contributed by atoms with E-state index >= 15 is 0 Å². The Morgan fingerprint density at radius 1 is 1.30 bits per heavy atom. The summed E-state index contributed by atoms with van der Waals surface area (Å²) in [5, 5.41) is 13.1. The van der Waals surface area contributed by atoms with Crippen LogP contribution in [0.2, 0.25) is 0 Å². The molecule has 0 saturated carbocycles. The molecule has 0 amide bonds. The van der Waals surface area contributed by atoms with Crippen LogP contribution in [0.5, 0.6) is 11.5 Å².